The number of halogens is 6. The van der Waals surface area contributed by atoms with Gasteiger partial charge in [0.15, 0.2) is 0 Å². The topological polar surface area (TPSA) is 79.8 Å². The molecular formula is C24H17BrCl2F3N3O3. The lowest BCUT2D eigenvalue weighted by atomic mass is 10.2. The third kappa shape index (κ3) is 8.25. The Morgan fingerprint density at radius 3 is 2.53 bits per heavy atom. The molecule has 3 aromatic carbocycles. The normalized spacial score (nSPS) is 11.4. The first-order chi connectivity index (χ1) is 17.0. The molecular weight excluding hydrogens is 586 g/mol. The molecule has 2 N–H and O–H groups in total. The van der Waals surface area contributed by atoms with Gasteiger partial charge in [-0.3, -0.25) is 9.59 Å². The van der Waals surface area contributed by atoms with Gasteiger partial charge in [0.1, 0.15) is 18.8 Å². The molecule has 6 nitrogen and oxygen atoms in total. The number of hydrogen-bond donors (Lipinski definition) is 2. The lowest BCUT2D eigenvalue weighted by Gasteiger charge is -2.11. The van der Waals surface area contributed by atoms with Crippen molar-refractivity contribution in [2.75, 3.05) is 5.32 Å². The summed E-state index contributed by atoms with van der Waals surface area (Å²) in [6.45, 7) is 0.153. The highest BCUT2D eigenvalue weighted by Gasteiger charge is 2.30. The summed E-state index contributed by atoms with van der Waals surface area (Å²) in [5, 5.41) is 7.04. The third-order valence-electron chi connectivity index (χ3n) is 4.56. The lowest BCUT2D eigenvalue weighted by Crippen LogP contribution is -2.24. The molecule has 3 rings (SSSR count). The number of benzene rings is 3. The van der Waals surface area contributed by atoms with Gasteiger partial charge >= 0.3 is 6.18 Å². The number of nitrogens with one attached hydrogen (secondary N) is 2. The molecule has 0 bridgehead atoms. The summed E-state index contributed by atoms with van der Waals surface area (Å²) in [4.78, 5) is 24.1. The standard InChI is InChI=1S/C24H17BrCl2F3N3O3/c25-17-5-7-21(36-13-14-4-6-18(26)10-20(14)27)15(8-17)12-31-33-23(35)11-22(34)32-19-3-1-2-16(9-19)24(28,29)30/h1-10,12H,11,13H2,(H,32,34)(H,33,35). The Hall–Kier alpha value is -3.08. The summed E-state index contributed by atoms with van der Waals surface area (Å²) in [7, 11) is 0. The molecule has 0 aromatic heterocycles. The summed E-state index contributed by atoms with van der Waals surface area (Å²) in [5.41, 5.74) is 2.44. The van der Waals surface area contributed by atoms with Crippen LogP contribution in [0.4, 0.5) is 18.9 Å². The predicted octanol–water partition coefficient (Wildman–Crippen LogP) is 6.83. The minimum Gasteiger partial charge on any atom is -0.488 e. The van der Waals surface area contributed by atoms with Gasteiger partial charge in [-0.2, -0.15) is 18.3 Å². The lowest BCUT2D eigenvalue weighted by molar-refractivity contribution is -0.137. The van der Waals surface area contributed by atoms with Crippen molar-refractivity contribution in [3.05, 3.63) is 91.9 Å². The largest absolute Gasteiger partial charge is 0.488 e. The van der Waals surface area contributed by atoms with Crippen LogP contribution >= 0.6 is 39.1 Å². The van der Waals surface area contributed by atoms with Crippen molar-refractivity contribution in [1.29, 1.82) is 0 Å². The average molecular weight is 603 g/mol. The van der Waals surface area contributed by atoms with E-state index in [1.54, 1.807) is 36.4 Å². The zero-order valence-corrected chi connectivity index (χ0v) is 21.3. The average Bonchev–Trinajstić information content (AvgIpc) is 2.79. The van der Waals surface area contributed by atoms with E-state index >= 15 is 0 Å². The van der Waals surface area contributed by atoms with Gasteiger partial charge < -0.3 is 10.1 Å². The van der Waals surface area contributed by atoms with E-state index < -0.39 is 30.0 Å². The number of amides is 2. The van der Waals surface area contributed by atoms with Crippen molar-refractivity contribution in [2.45, 2.75) is 19.2 Å². The van der Waals surface area contributed by atoms with Gasteiger partial charge in [0, 0.05) is 31.3 Å². The molecule has 36 heavy (non-hydrogen) atoms. The molecule has 3 aromatic rings. The van der Waals surface area contributed by atoms with Crippen LogP contribution in [-0.4, -0.2) is 18.0 Å². The van der Waals surface area contributed by atoms with Crippen molar-refractivity contribution >= 4 is 62.8 Å². The van der Waals surface area contributed by atoms with Crippen molar-refractivity contribution in [3.63, 3.8) is 0 Å². The van der Waals surface area contributed by atoms with Crippen LogP contribution in [0.25, 0.3) is 0 Å². The Balaban J connectivity index is 1.57. The van der Waals surface area contributed by atoms with Crippen molar-refractivity contribution < 1.29 is 27.5 Å². The summed E-state index contributed by atoms with van der Waals surface area (Å²) in [6.07, 6.45) is -3.88. The van der Waals surface area contributed by atoms with Crippen LogP contribution in [0.15, 0.2) is 70.2 Å². The molecule has 0 unspecified atom stereocenters. The van der Waals surface area contributed by atoms with Crippen LogP contribution < -0.4 is 15.5 Å². The smallest absolute Gasteiger partial charge is 0.416 e. The van der Waals surface area contributed by atoms with E-state index in [2.05, 4.69) is 31.8 Å². The fourth-order valence-electron chi connectivity index (χ4n) is 2.88. The summed E-state index contributed by atoms with van der Waals surface area (Å²) in [5.74, 6) is -1.11. The second-order valence-corrected chi connectivity index (χ2v) is 9.06. The van der Waals surface area contributed by atoms with E-state index in [9.17, 15) is 22.8 Å². The van der Waals surface area contributed by atoms with Gasteiger partial charge in [-0.15, -0.1) is 0 Å². The first kappa shape index (κ1) is 27.5. The summed E-state index contributed by atoms with van der Waals surface area (Å²) >= 11 is 15.4. The van der Waals surface area contributed by atoms with Gasteiger partial charge in [0.2, 0.25) is 11.8 Å². The number of anilines is 1. The van der Waals surface area contributed by atoms with Crippen molar-refractivity contribution in [2.24, 2.45) is 5.10 Å². The highest BCUT2D eigenvalue weighted by molar-refractivity contribution is 9.10. The van der Waals surface area contributed by atoms with Gasteiger partial charge in [0.25, 0.3) is 0 Å². The highest BCUT2D eigenvalue weighted by atomic mass is 79.9. The SMILES string of the molecule is O=C(CC(=O)Nc1cccc(C(F)(F)F)c1)NN=Cc1cc(Br)ccc1OCc1ccc(Cl)cc1Cl. The maximum atomic E-state index is 12.8. The Bertz CT molecular complexity index is 1300. The summed E-state index contributed by atoms with van der Waals surface area (Å²) in [6, 6.07) is 14.3. The molecule has 0 aliphatic carbocycles. The minimum absolute atomic E-state index is 0.0807. The number of hydrazone groups is 1. The van der Waals surface area contributed by atoms with Crippen LogP contribution in [0, 0.1) is 0 Å². The van der Waals surface area contributed by atoms with Crippen LogP contribution in [0.5, 0.6) is 5.75 Å². The second-order valence-electron chi connectivity index (χ2n) is 7.30. The molecule has 0 atom stereocenters. The molecule has 2 amide bonds. The van der Waals surface area contributed by atoms with Gasteiger partial charge in [-0.25, -0.2) is 5.43 Å². The Labute approximate surface area is 222 Å². The van der Waals surface area contributed by atoms with Crippen LogP contribution in [0.3, 0.4) is 0 Å². The molecule has 188 valence electrons. The van der Waals surface area contributed by atoms with E-state index in [1.165, 1.54) is 12.3 Å². The first-order valence-corrected chi connectivity index (χ1v) is 11.7. The molecule has 0 saturated heterocycles. The molecule has 0 radical (unpaired) electrons. The number of nitrogens with zero attached hydrogens (tertiary/aromatic N) is 1. The molecule has 12 heteroatoms. The quantitative estimate of drug-likeness (QED) is 0.168. The number of carbonyl (C=O) groups is 2. The van der Waals surface area contributed by atoms with E-state index in [-0.39, 0.29) is 12.3 Å². The van der Waals surface area contributed by atoms with Gasteiger partial charge in [0.05, 0.1) is 11.8 Å². The maximum absolute atomic E-state index is 12.8. The van der Waals surface area contributed by atoms with Gasteiger partial charge in [-0.1, -0.05) is 51.3 Å². The third-order valence-corrected chi connectivity index (χ3v) is 5.64. The number of carbonyl (C=O) groups excluding carboxylic acids is 2. The Morgan fingerprint density at radius 2 is 1.81 bits per heavy atom. The van der Waals surface area contributed by atoms with E-state index in [0.717, 1.165) is 22.7 Å². The van der Waals surface area contributed by atoms with Crippen LogP contribution in [-0.2, 0) is 22.4 Å². The zero-order valence-electron chi connectivity index (χ0n) is 18.2. The Morgan fingerprint density at radius 1 is 1.03 bits per heavy atom. The van der Waals surface area contributed by atoms with Crippen LogP contribution in [0.2, 0.25) is 10.0 Å². The van der Waals surface area contributed by atoms with Crippen molar-refractivity contribution in [1.82, 2.24) is 5.43 Å². The van der Waals surface area contributed by atoms with E-state index in [4.69, 9.17) is 27.9 Å². The number of ether oxygens (including phenoxy) is 1. The molecule has 0 aliphatic heterocycles. The summed E-state index contributed by atoms with van der Waals surface area (Å²) < 4.78 is 45.0. The molecule has 0 spiro atoms. The monoisotopic (exact) mass is 601 g/mol. The fourth-order valence-corrected chi connectivity index (χ4v) is 3.73. The molecule has 0 saturated carbocycles. The zero-order chi connectivity index (χ0) is 26.3. The molecule has 0 aliphatic rings. The predicted molar refractivity (Wildman–Crippen MR) is 135 cm³/mol. The first-order valence-electron chi connectivity index (χ1n) is 10.2. The van der Waals surface area contributed by atoms with Gasteiger partial charge in [-0.05, 0) is 48.5 Å². The number of rotatable bonds is 8. The fraction of sp³-hybridized carbons (Fsp3) is 0.125. The van der Waals surface area contributed by atoms with E-state index in [1.807, 2.05) is 0 Å². The van der Waals surface area contributed by atoms with Crippen molar-refractivity contribution in [3.8, 4) is 5.75 Å². The van der Waals surface area contributed by atoms with E-state index in [0.29, 0.717) is 26.9 Å². The number of alkyl halides is 3. The maximum Gasteiger partial charge on any atom is 0.416 e. The number of hydrogen-bond acceptors (Lipinski definition) is 4. The van der Waals surface area contributed by atoms with Crippen LogP contribution in [0.1, 0.15) is 23.1 Å². The molecule has 0 fully saturated rings. The molecule has 0 heterocycles. The minimum atomic E-state index is -4.55. The second kappa shape index (κ2) is 12.2. The highest BCUT2D eigenvalue weighted by Crippen LogP contribution is 2.30. The Kier molecular flexibility index (Phi) is 9.36.